The molecular weight excluding hydrogens is 216 g/mol. The highest BCUT2D eigenvalue weighted by Crippen LogP contribution is 2.38. The van der Waals surface area contributed by atoms with Gasteiger partial charge in [-0.25, -0.2) is 0 Å². The third-order valence-electron chi connectivity index (χ3n) is 3.65. The fraction of sp³-hybridized carbons (Fsp3) is 0.333. The lowest BCUT2D eigenvalue weighted by Crippen LogP contribution is -2.03. The van der Waals surface area contributed by atoms with Crippen LogP contribution in [0.4, 0.5) is 0 Å². The SMILES string of the molecule is C=CC=C1CCC2=C(C=CC(C)(C)C=C2)C1=CC. The van der Waals surface area contributed by atoms with Gasteiger partial charge in [0.1, 0.15) is 0 Å². The van der Waals surface area contributed by atoms with E-state index in [4.69, 9.17) is 0 Å². The van der Waals surface area contributed by atoms with E-state index in [1.54, 1.807) is 0 Å². The van der Waals surface area contributed by atoms with Gasteiger partial charge in [0.25, 0.3) is 0 Å². The van der Waals surface area contributed by atoms with Gasteiger partial charge >= 0.3 is 0 Å². The smallest absolute Gasteiger partial charge is 0.00110 e. The average Bonchev–Trinajstić information content (AvgIpc) is 2.49. The largest absolute Gasteiger partial charge is 0.0991 e. The van der Waals surface area contributed by atoms with Gasteiger partial charge in [-0.15, -0.1) is 0 Å². The molecule has 0 heteroatoms. The molecule has 18 heavy (non-hydrogen) atoms. The Morgan fingerprint density at radius 1 is 1.17 bits per heavy atom. The van der Waals surface area contributed by atoms with Crippen molar-refractivity contribution < 1.29 is 0 Å². The molecule has 0 saturated carbocycles. The Hall–Kier alpha value is -1.56. The molecule has 0 fully saturated rings. The van der Waals surface area contributed by atoms with Crippen LogP contribution in [0.3, 0.4) is 0 Å². The van der Waals surface area contributed by atoms with Gasteiger partial charge in [-0.1, -0.05) is 63.0 Å². The summed E-state index contributed by atoms with van der Waals surface area (Å²) in [6, 6.07) is 0. The van der Waals surface area contributed by atoms with Crippen molar-refractivity contribution in [1.82, 2.24) is 0 Å². The summed E-state index contributed by atoms with van der Waals surface area (Å²) in [5, 5.41) is 0. The van der Waals surface area contributed by atoms with E-state index in [-0.39, 0.29) is 5.41 Å². The normalized spacial score (nSPS) is 26.4. The molecule has 0 spiro atoms. The first-order chi connectivity index (χ1) is 8.57. The van der Waals surface area contributed by atoms with Crippen molar-refractivity contribution in [2.45, 2.75) is 33.6 Å². The van der Waals surface area contributed by atoms with E-state index in [0.717, 1.165) is 12.8 Å². The van der Waals surface area contributed by atoms with Crippen molar-refractivity contribution >= 4 is 0 Å². The molecule has 0 aromatic carbocycles. The molecule has 0 saturated heterocycles. The minimum Gasteiger partial charge on any atom is -0.0991 e. The second-order valence-electron chi connectivity index (χ2n) is 5.56. The molecule has 0 aromatic heterocycles. The summed E-state index contributed by atoms with van der Waals surface area (Å²) in [5.41, 5.74) is 5.78. The number of hydrogen-bond donors (Lipinski definition) is 0. The Morgan fingerprint density at radius 2 is 1.89 bits per heavy atom. The van der Waals surface area contributed by atoms with E-state index in [1.165, 1.54) is 22.3 Å². The first-order valence-corrected chi connectivity index (χ1v) is 6.67. The zero-order valence-corrected chi connectivity index (χ0v) is 11.7. The first kappa shape index (κ1) is 12.9. The Bertz CT molecular complexity index is 502. The maximum Gasteiger partial charge on any atom is 0.00110 e. The second-order valence-corrected chi connectivity index (χ2v) is 5.56. The fourth-order valence-electron chi connectivity index (χ4n) is 2.58. The highest BCUT2D eigenvalue weighted by molar-refractivity contribution is 5.60. The maximum absolute atomic E-state index is 3.82. The van der Waals surface area contributed by atoms with Gasteiger partial charge in [0.2, 0.25) is 0 Å². The van der Waals surface area contributed by atoms with Crippen LogP contribution in [0.1, 0.15) is 33.6 Å². The Morgan fingerprint density at radius 3 is 2.56 bits per heavy atom. The lowest BCUT2D eigenvalue weighted by atomic mass is 9.83. The lowest BCUT2D eigenvalue weighted by Gasteiger charge is -2.22. The quantitative estimate of drug-likeness (QED) is 0.582. The fourth-order valence-corrected chi connectivity index (χ4v) is 2.58. The van der Waals surface area contributed by atoms with E-state index in [1.807, 2.05) is 6.08 Å². The van der Waals surface area contributed by atoms with E-state index < -0.39 is 0 Å². The van der Waals surface area contributed by atoms with Crippen LogP contribution in [0.25, 0.3) is 0 Å². The molecule has 0 aliphatic heterocycles. The minimum atomic E-state index is 0.151. The van der Waals surface area contributed by atoms with Crippen molar-refractivity contribution in [3.8, 4) is 0 Å². The molecule has 2 rings (SSSR count). The van der Waals surface area contributed by atoms with Crippen LogP contribution in [0, 0.1) is 5.41 Å². The molecule has 0 radical (unpaired) electrons. The molecule has 0 atom stereocenters. The van der Waals surface area contributed by atoms with Crippen LogP contribution < -0.4 is 0 Å². The number of allylic oxidation sites excluding steroid dienone is 11. The zero-order valence-electron chi connectivity index (χ0n) is 11.7. The Labute approximate surface area is 111 Å². The van der Waals surface area contributed by atoms with Crippen LogP contribution in [-0.2, 0) is 0 Å². The van der Waals surface area contributed by atoms with Crippen LogP contribution >= 0.6 is 0 Å². The number of hydrogen-bond acceptors (Lipinski definition) is 0. The van der Waals surface area contributed by atoms with Crippen LogP contribution in [-0.4, -0.2) is 0 Å². The molecule has 0 unspecified atom stereocenters. The summed E-state index contributed by atoms with van der Waals surface area (Å²) in [6.45, 7) is 10.4. The lowest BCUT2D eigenvalue weighted by molar-refractivity contribution is 0.626. The Kier molecular flexibility index (Phi) is 3.56. The van der Waals surface area contributed by atoms with Gasteiger partial charge in [-0.05, 0) is 42.1 Å². The average molecular weight is 238 g/mol. The predicted octanol–water partition coefficient (Wildman–Crippen LogP) is 5.29. The third kappa shape index (κ3) is 2.48. The van der Waals surface area contributed by atoms with E-state index in [2.05, 4.69) is 63.8 Å². The molecule has 2 aliphatic rings. The summed E-state index contributed by atoms with van der Waals surface area (Å²) in [7, 11) is 0. The van der Waals surface area contributed by atoms with Gasteiger partial charge in [-0.3, -0.25) is 0 Å². The van der Waals surface area contributed by atoms with Crippen molar-refractivity contribution in [3.05, 3.63) is 71.4 Å². The Balaban J connectivity index is 2.50. The molecule has 0 bridgehead atoms. The molecule has 0 amide bonds. The summed E-state index contributed by atoms with van der Waals surface area (Å²) < 4.78 is 0. The van der Waals surface area contributed by atoms with Crippen molar-refractivity contribution in [1.29, 1.82) is 0 Å². The highest BCUT2D eigenvalue weighted by atomic mass is 14.3. The van der Waals surface area contributed by atoms with Gasteiger partial charge in [0.05, 0.1) is 0 Å². The predicted molar refractivity (Wildman–Crippen MR) is 80.4 cm³/mol. The van der Waals surface area contributed by atoms with Crippen molar-refractivity contribution in [3.63, 3.8) is 0 Å². The standard InChI is InChI=1S/C18H22/c1-5-7-14-8-9-15-10-12-18(3,4)13-11-17(15)16(14)6-2/h5-7,10-13H,1,8-9H2,2-4H3. The van der Waals surface area contributed by atoms with Crippen LogP contribution in [0.15, 0.2) is 71.4 Å². The van der Waals surface area contributed by atoms with Crippen molar-refractivity contribution in [2.24, 2.45) is 5.41 Å². The van der Waals surface area contributed by atoms with Gasteiger partial charge in [-0.2, -0.15) is 0 Å². The molecule has 0 heterocycles. The zero-order chi connectivity index (χ0) is 13.2. The number of rotatable bonds is 1. The summed E-state index contributed by atoms with van der Waals surface area (Å²) >= 11 is 0. The van der Waals surface area contributed by atoms with Gasteiger partial charge < -0.3 is 0 Å². The monoisotopic (exact) mass is 238 g/mol. The topological polar surface area (TPSA) is 0 Å². The molecular formula is C18H22. The van der Waals surface area contributed by atoms with Crippen LogP contribution in [0.2, 0.25) is 0 Å². The highest BCUT2D eigenvalue weighted by Gasteiger charge is 2.21. The maximum atomic E-state index is 3.82. The molecule has 2 aliphatic carbocycles. The van der Waals surface area contributed by atoms with E-state index in [9.17, 15) is 0 Å². The van der Waals surface area contributed by atoms with Gasteiger partial charge in [0.15, 0.2) is 0 Å². The van der Waals surface area contributed by atoms with Crippen LogP contribution in [0.5, 0.6) is 0 Å². The molecule has 94 valence electrons. The second kappa shape index (κ2) is 4.97. The van der Waals surface area contributed by atoms with E-state index >= 15 is 0 Å². The summed E-state index contributed by atoms with van der Waals surface area (Å²) in [5.74, 6) is 0. The molecule has 0 nitrogen and oxygen atoms in total. The summed E-state index contributed by atoms with van der Waals surface area (Å²) in [4.78, 5) is 0. The van der Waals surface area contributed by atoms with E-state index in [0.29, 0.717) is 0 Å². The molecule has 0 N–H and O–H groups in total. The minimum absolute atomic E-state index is 0.151. The first-order valence-electron chi connectivity index (χ1n) is 6.67. The third-order valence-corrected chi connectivity index (χ3v) is 3.65. The van der Waals surface area contributed by atoms with Gasteiger partial charge in [0, 0.05) is 5.41 Å². The van der Waals surface area contributed by atoms with Crippen molar-refractivity contribution in [2.75, 3.05) is 0 Å². The summed E-state index contributed by atoms with van der Waals surface area (Å²) in [6.07, 6.45) is 17.7. The molecule has 0 aromatic rings.